The van der Waals surface area contributed by atoms with Crippen LogP contribution in [0.4, 0.5) is 0 Å². The number of rotatable bonds is 4. The quantitative estimate of drug-likeness (QED) is 0.757. The van der Waals surface area contributed by atoms with Gasteiger partial charge in [0.25, 0.3) is 0 Å². The van der Waals surface area contributed by atoms with Gasteiger partial charge in [-0.25, -0.2) is 0 Å². The molecule has 0 amide bonds. The first kappa shape index (κ1) is 18.2. The molecule has 1 aromatic carbocycles. The summed E-state index contributed by atoms with van der Waals surface area (Å²) in [4.78, 5) is 12.3. The van der Waals surface area contributed by atoms with Gasteiger partial charge in [-0.3, -0.25) is 4.79 Å². The second kappa shape index (κ2) is 6.12. The fraction of sp³-hybridized carbons (Fsp3) is 0.579. The molecule has 3 nitrogen and oxygen atoms in total. The van der Waals surface area contributed by atoms with Crippen molar-refractivity contribution in [3.63, 3.8) is 0 Å². The Morgan fingerprint density at radius 3 is 1.86 bits per heavy atom. The Morgan fingerprint density at radius 1 is 1.05 bits per heavy atom. The molecule has 0 N–H and O–H groups in total. The van der Waals surface area contributed by atoms with Gasteiger partial charge in [0.05, 0.1) is 6.07 Å². The molecule has 0 fully saturated rings. The van der Waals surface area contributed by atoms with Crippen LogP contribution in [0.5, 0.6) is 0 Å². The van der Waals surface area contributed by atoms with Crippen LogP contribution in [0.15, 0.2) is 24.3 Å². The highest BCUT2D eigenvalue weighted by Crippen LogP contribution is 2.32. The monoisotopic (exact) mass is 301 g/mol. The summed E-state index contributed by atoms with van der Waals surface area (Å²) in [5, 5.41) is 9.20. The van der Waals surface area contributed by atoms with E-state index >= 15 is 0 Å². The summed E-state index contributed by atoms with van der Waals surface area (Å²) in [6, 6.07) is 10.2. The van der Waals surface area contributed by atoms with Crippen molar-refractivity contribution in [2.24, 2.45) is 5.41 Å². The highest BCUT2D eigenvalue weighted by atomic mass is 16.6. The predicted molar refractivity (Wildman–Crippen MR) is 88.3 cm³/mol. The van der Waals surface area contributed by atoms with Crippen LogP contribution in [-0.2, 0) is 20.5 Å². The normalized spacial score (nSPS) is 14.8. The maximum absolute atomic E-state index is 12.3. The second-order valence-electron chi connectivity index (χ2n) is 7.52. The van der Waals surface area contributed by atoms with E-state index in [1.54, 1.807) is 6.92 Å². The van der Waals surface area contributed by atoms with E-state index in [4.69, 9.17) is 4.74 Å². The summed E-state index contributed by atoms with van der Waals surface area (Å²) < 4.78 is 5.63. The summed E-state index contributed by atoms with van der Waals surface area (Å²) in [6.07, 6.45) is 0.432. The Labute approximate surface area is 134 Å². The van der Waals surface area contributed by atoms with Crippen LogP contribution < -0.4 is 0 Å². The molecule has 0 saturated heterocycles. The fourth-order valence-corrected chi connectivity index (χ4v) is 2.04. The van der Waals surface area contributed by atoms with Gasteiger partial charge in [-0.15, -0.1) is 0 Å². The number of ether oxygens (including phenoxy) is 1. The van der Waals surface area contributed by atoms with E-state index in [0.29, 0.717) is 6.42 Å². The first-order chi connectivity index (χ1) is 9.96. The zero-order valence-corrected chi connectivity index (χ0v) is 14.8. The lowest BCUT2D eigenvalue weighted by atomic mass is 9.85. The molecule has 0 saturated carbocycles. The molecule has 0 bridgehead atoms. The molecule has 0 aromatic heterocycles. The van der Waals surface area contributed by atoms with Crippen molar-refractivity contribution in [1.82, 2.24) is 0 Å². The smallest absolute Gasteiger partial charge is 0.327 e. The number of carbonyl (C=O) groups excluding carboxylic acids is 1. The average Bonchev–Trinajstić information content (AvgIpc) is 2.45. The Morgan fingerprint density at radius 2 is 1.50 bits per heavy atom. The second-order valence-corrected chi connectivity index (χ2v) is 7.52. The number of hydrogen-bond acceptors (Lipinski definition) is 3. The summed E-state index contributed by atoms with van der Waals surface area (Å²) >= 11 is 0. The molecule has 1 unspecified atom stereocenters. The number of nitriles is 1. The standard InChI is InChI=1S/C19H27NO2/c1-8-19(7,13-20)16(21)22-18(5,6)15-11-9-14(10-12-15)17(2,3)4/h9-12H,8H2,1-7H3. The first-order valence-corrected chi connectivity index (χ1v) is 7.72. The lowest BCUT2D eigenvalue weighted by molar-refractivity contribution is -0.166. The van der Waals surface area contributed by atoms with Gasteiger partial charge >= 0.3 is 5.97 Å². The van der Waals surface area contributed by atoms with Gasteiger partial charge in [-0.1, -0.05) is 52.0 Å². The van der Waals surface area contributed by atoms with Gasteiger partial charge < -0.3 is 4.74 Å². The lowest BCUT2D eigenvalue weighted by Crippen LogP contribution is -2.34. The summed E-state index contributed by atoms with van der Waals surface area (Å²) in [5.41, 5.74) is 0.378. The zero-order chi connectivity index (χ0) is 17.2. The highest BCUT2D eigenvalue weighted by molar-refractivity contribution is 5.79. The van der Waals surface area contributed by atoms with Crippen molar-refractivity contribution >= 4 is 5.97 Å². The van der Waals surface area contributed by atoms with Crippen LogP contribution in [0.3, 0.4) is 0 Å². The van der Waals surface area contributed by atoms with Crippen molar-refractivity contribution in [1.29, 1.82) is 5.26 Å². The van der Waals surface area contributed by atoms with Gasteiger partial charge in [0.1, 0.15) is 5.60 Å². The van der Waals surface area contributed by atoms with Crippen LogP contribution >= 0.6 is 0 Å². The highest BCUT2D eigenvalue weighted by Gasteiger charge is 2.37. The van der Waals surface area contributed by atoms with E-state index in [1.807, 2.05) is 32.9 Å². The molecule has 0 spiro atoms. The van der Waals surface area contributed by atoms with Gasteiger partial charge in [-0.05, 0) is 43.7 Å². The van der Waals surface area contributed by atoms with Crippen molar-refractivity contribution in [2.45, 2.75) is 65.9 Å². The minimum atomic E-state index is -1.09. The van der Waals surface area contributed by atoms with Crippen LogP contribution in [0, 0.1) is 16.7 Å². The number of nitrogens with zero attached hydrogens (tertiary/aromatic N) is 1. The van der Waals surface area contributed by atoms with Crippen molar-refractivity contribution in [2.75, 3.05) is 0 Å². The van der Waals surface area contributed by atoms with Gasteiger partial charge in [0.15, 0.2) is 5.41 Å². The molecule has 0 radical (unpaired) electrons. The average molecular weight is 301 g/mol. The molecular weight excluding hydrogens is 274 g/mol. The van der Waals surface area contributed by atoms with Crippen molar-refractivity contribution < 1.29 is 9.53 Å². The molecule has 120 valence electrons. The third-order valence-electron chi connectivity index (χ3n) is 4.20. The maximum Gasteiger partial charge on any atom is 0.327 e. The molecule has 1 rings (SSSR count). The molecule has 0 aliphatic heterocycles. The van der Waals surface area contributed by atoms with Gasteiger partial charge in [-0.2, -0.15) is 5.26 Å². The first-order valence-electron chi connectivity index (χ1n) is 7.72. The summed E-state index contributed by atoms with van der Waals surface area (Å²) in [7, 11) is 0. The maximum atomic E-state index is 12.3. The fourth-order valence-electron chi connectivity index (χ4n) is 2.04. The van der Waals surface area contributed by atoms with Crippen LogP contribution in [0.25, 0.3) is 0 Å². The largest absolute Gasteiger partial charge is 0.454 e. The topological polar surface area (TPSA) is 50.1 Å². The lowest BCUT2D eigenvalue weighted by Gasteiger charge is -2.30. The van der Waals surface area contributed by atoms with Crippen LogP contribution in [0.1, 0.15) is 66.0 Å². The van der Waals surface area contributed by atoms with E-state index in [1.165, 1.54) is 5.56 Å². The van der Waals surface area contributed by atoms with Gasteiger partial charge in [0.2, 0.25) is 0 Å². The molecule has 3 heteroatoms. The number of hydrogen-bond donors (Lipinski definition) is 0. The van der Waals surface area contributed by atoms with E-state index in [2.05, 4.69) is 39.0 Å². The number of esters is 1. The minimum Gasteiger partial charge on any atom is -0.454 e. The Balaban J connectivity index is 3.01. The molecule has 0 heterocycles. The molecule has 0 aliphatic rings. The van der Waals surface area contributed by atoms with E-state index in [-0.39, 0.29) is 5.41 Å². The molecular formula is C19H27NO2. The molecule has 1 aromatic rings. The minimum absolute atomic E-state index is 0.0843. The van der Waals surface area contributed by atoms with Crippen LogP contribution in [-0.4, -0.2) is 5.97 Å². The van der Waals surface area contributed by atoms with Crippen molar-refractivity contribution in [3.05, 3.63) is 35.4 Å². The third kappa shape index (κ3) is 3.88. The van der Waals surface area contributed by atoms with Crippen molar-refractivity contribution in [3.8, 4) is 6.07 Å². The Kier molecular flexibility index (Phi) is 5.07. The third-order valence-corrected chi connectivity index (χ3v) is 4.20. The van der Waals surface area contributed by atoms with E-state index in [0.717, 1.165) is 5.56 Å². The number of benzene rings is 1. The Hall–Kier alpha value is -1.82. The SMILES string of the molecule is CCC(C)(C#N)C(=O)OC(C)(C)c1ccc(C(C)(C)C)cc1. The van der Waals surface area contributed by atoms with Gasteiger partial charge in [0, 0.05) is 0 Å². The van der Waals surface area contributed by atoms with E-state index < -0.39 is 17.0 Å². The summed E-state index contributed by atoms with van der Waals surface area (Å²) in [6.45, 7) is 13.6. The predicted octanol–water partition coefficient (Wildman–Crippen LogP) is 4.70. The van der Waals surface area contributed by atoms with Crippen LogP contribution in [0.2, 0.25) is 0 Å². The van der Waals surface area contributed by atoms with E-state index in [9.17, 15) is 10.1 Å². The Bertz CT molecular complexity index is 573. The number of carbonyl (C=O) groups is 1. The molecule has 1 atom stereocenters. The summed E-state index contributed by atoms with van der Waals surface area (Å²) in [5.74, 6) is -0.470. The molecule has 22 heavy (non-hydrogen) atoms. The molecule has 0 aliphatic carbocycles. The zero-order valence-electron chi connectivity index (χ0n) is 14.8.